The first kappa shape index (κ1) is 20.3. The van der Waals surface area contributed by atoms with Crippen LogP contribution in [0.5, 0.6) is 0 Å². The molecule has 0 atom stereocenters. The Kier molecular flexibility index (Phi) is 5.70. The summed E-state index contributed by atoms with van der Waals surface area (Å²) in [6.07, 6.45) is 6.56. The molecule has 30 heavy (non-hydrogen) atoms. The summed E-state index contributed by atoms with van der Waals surface area (Å²) in [5, 5.41) is 0. The summed E-state index contributed by atoms with van der Waals surface area (Å²) >= 11 is 0. The first-order valence-electron chi connectivity index (χ1n) is 10.8. The zero-order chi connectivity index (χ0) is 21.1. The summed E-state index contributed by atoms with van der Waals surface area (Å²) in [5.74, 6) is 0.644. The Morgan fingerprint density at radius 1 is 0.967 bits per heavy atom. The monoisotopic (exact) mass is 407 g/mol. The van der Waals surface area contributed by atoms with Gasteiger partial charge in [0.15, 0.2) is 0 Å². The van der Waals surface area contributed by atoms with E-state index in [9.17, 15) is 9.59 Å². The van der Waals surface area contributed by atoms with E-state index >= 15 is 0 Å². The number of anilines is 1. The predicted molar refractivity (Wildman–Crippen MR) is 115 cm³/mol. The third kappa shape index (κ3) is 3.53. The highest BCUT2D eigenvalue weighted by Gasteiger charge is 2.57. The molecule has 2 saturated heterocycles. The molecule has 0 aliphatic carbocycles. The Hall–Kier alpha value is -2.96. The van der Waals surface area contributed by atoms with Gasteiger partial charge in [-0.25, -0.2) is 14.8 Å². The number of hydrogen-bond donors (Lipinski definition) is 0. The average molecular weight is 408 g/mol. The number of piperidine rings is 1. The Bertz CT molecular complexity index is 892. The summed E-state index contributed by atoms with van der Waals surface area (Å²) in [5.41, 5.74) is 1.37. The molecule has 0 radical (unpaired) electrons. The van der Waals surface area contributed by atoms with Crippen LogP contribution in [0, 0.1) is 0 Å². The van der Waals surface area contributed by atoms with Gasteiger partial charge in [-0.2, -0.15) is 0 Å². The highest BCUT2D eigenvalue weighted by Crippen LogP contribution is 2.39. The van der Waals surface area contributed by atoms with Crippen molar-refractivity contribution in [3.8, 4) is 0 Å². The van der Waals surface area contributed by atoms with Gasteiger partial charge in [0.05, 0.1) is 0 Å². The van der Waals surface area contributed by atoms with Gasteiger partial charge in [-0.05, 0) is 36.8 Å². The number of nitrogens with zero attached hydrogens (tertiary/aromatic N) is 5. The van der Waals surface area contributed by atoms with Gasteiger partial charge >= 0.3 is 6.03 Å². The Morgan fingerprint density at radius 2 is 1.63 bits per heavy atom. The summed E-state index contributed by atoms with van der Waals surface area (Å²) < 4.78 is 0. The van der Waals surface area contributed by atoms with Crippen LogP contribution in [0.25, 0.3) is 0 Å². The maximum absolute atomic E-state index is 13.4. The van der Waals surface area contributed by atoms with Gasteiger partial charge in [-0.15, -0.1) is 0 Å². The minimum absolute atomic E-state index is 0.0489. The highest BCUT2D eigenvalue weighted by molar-refractivity contribution is 6.07. The number of rotatable bonds is 6. The third-order valence-electron chi connectivity index (χ3n) is 6.23. The molecule has 4 rings (SSSR count). The van der Waals surface area contributed by atoms with E-state index in [1.165, 1.54) is 4.90 Å². The fourth-order valence-corrected chi connectivity index (χ4v) is 4.44. The van der Waals surface area contributed by atoms with Gasteiger partial charge in [0, 0.05) is 38.6 Å². The molecule has 0 bridgehead atoms. The van der Waals surface area contributed by atoms with Crippen molar-refractivity contribution in [3.63, 3.8) is 0 Å². The molecule has 2 fully saturated rings. The van der Waals surface area contributed by atoms with Crippen LogP contribution in [0.15, 0.2) is 42.7 Å². The second-order valence-corrected chi connectivity index (χ2v) is 8.07. The fourth-order valence-electron chi connectivity index (χ4n) is 4.44. The van der Waals surface area contributed by atoms with Crippen LogP contribution in [0.1, 0.15) is 44.2 Å². The topological polar surface area (TPSA) is 69.6 Å². The lowest BCUT2D eigenvalue weighted by atomic mass is 9.85. The first-order chi connectivity index (χ1) is 14.6. The second kappa shape index (κ2) is 8.42. The number of urea groups is 1. The minimum atomic E-state index is -0.776. The van der Waals surface area contributed by atoms with Gasteiger partial charge in [0.1, 0.15) is 5.54 Å². The Balaban J connectivity index is 1.57. The Morgan fingerprint density at radius 3 is 2.23 bits per heavy atom. The molecule has 0 N–H and O–H groups in total. The summed E-state index contributed by atoms with van der Waals surface area (Å²) in [6, 6.07) is 9.74. The van der Waals surface area contributed by atoms with Crippen LogP contribution in [0.4, 0.5) is 10.7 Å². The van der Waals surface area contributed by atoms with Crippen molar-refractivity contribution < 1.29 is 9.59 Å². The maximum atomic E-state index is 13.4. The van der Waals surface area contributed by atoms with E-state index in [0.717, 1.165) is 24.0 Å². The van der Waals surface area contributed by atoms with Gasteiger partial charge in [0.2, 0.25) is 5.95 Å². The van der Waals surface area contributed by atoms with Crippen LogP contribution in [0.2, 0.25) is 0 Å². The minimum Gasteiger partial charge on any atom is -0.341 e. The maximum Gasteiger partial charge on any atom is 0.327 e. The molecule has 2 aliphatic heterocycles. The normalized spacial score (nSPS) is 18.5. The van der Waals surface area contributed by atoms with Gasteiger partial charge in [-0.1, -0.05) is 44.2 Å². The van der Waals surface area contributed by atoms with Crippen molar-refractivity contribution in [3.05, 3.63) is 53.9 Å². The lowest BCUT2D eigenvalue weighted by Crippen LogP contribution is -2.56. The number of aromatic nitrogens is 2. The van der Waals surface area contributed by atoms with Crippen molar-refractivity contribution in [2.75, 3.05) is 24.5 Å². The summed E-state index contributed by atoms with van der Waals surface area (Å²) in [6.45, 7) is 6.29. The highest BCUT2D eigenvalue weighted by atomic mass is 16.2. The van der Waals surface area contributed by atoms with Crippen LogP contribution in [-0.4, -0.2) is 56.9 Å². The van der Waals surface area contributed by atoms with E-state index in [0.29, 0.717) is 45.0 Å². The number of carbonyl (C=O) groups excluding carboxylic acids is 2. The van der Waals surface area contributed by atoms with Crippen molar-refractivity contribution in [2.45, 2.75) is 51.6 Å². The second-order valence-electron chi connectivity index (χ2n) is 8.07. The Labute approximate surface area is 177 Å². The first-order valence-corrected chi connectivity index (χ1v) is 10.8. The molecule has 7 nitrogen and oxygen atoms in total. The summed E-state index contributed by atoms with van der Waals surface area (Å²) in [7, 11) is 0. The lowest BCUT2D eigenvalue weighted by molar-refractivity contribution is -0.134. The van der Waals surface area contributed by atoms with E-state index < -0.39 is 5.54 Å². The smallest absolute Gasteiger partial charge is 0.327 e. The standard InChI is InChI=1S/C23H29N5O2/c1-3-12-27-20(29)23(28(22(27)30)17-19-8-6-5-7-9-19)10-13-26(14-11-23)21-24-15-18(4-2)16-25-21/h5-9,15-16H,3-4,10-14,17H2,1-2H3. The van der Waals surface area contributed by atoms with E-state index in [4.69, 9.17) is 0 Å². The van der Waals surface area contributed by atoms with Crippen molar-refractivity contribution in [2.24, 2.45) is 0 Å². The molecule has 3 amide bonds. The number of hydrogen-bond acceptors (Lipinski definition) is 5. The molecular weight excluding hydrogens is 378 g/mol. The predicted octanol–water partition coefficient (Wildman–Crippen LogP) is 3.25. The molecule has 1 aromatic carbocycles. The van der Waals surface area contributed by atoms with Crippen molar-refractivity contribution in [1.82, 2.24) is 19.8 Å². The molecule has 0 saturated carbocycles. The number of imide groups is 1. The van der Waals surface area contributed by atoms with E-state index in [-0.39, 0.29) is 11.9 Å². The largest absolute Gasteiger partial charge is 0.341 e. The van der Waals surface area contributed by atoms with E-state index in [1.54, 1.807) is 4.90 Å². The van der Waals surface area contributed by atoms with Crippen LogP contribution in [-0.2, 0) is 17.8 Å². The number of amides is 3. The number of aryl methyl sites for hydroxylation is 1. The van der Waals surface area contributed by atoms with Crippen molar-refractivity contribution >= 4 is 17.9 Å². The summed E-state index contributed by atoms with van der Waals surface area (Å²) in [4.78, 5) is 41.0. The van der Waals surface area contributed by atoms with Gasteiger partial charge in [0.25, 0.3) is 5.91 Å². The molecule has 2 aliphatic rings. The van der Waals surface area contributed by atoms with Crippen LogP contribution < -0.4 is 4.90 Å². The van der Waals surface area contributed by atoms with Gasteiger partial charge in [-0.3, -0.25) is 9.69 Å². The van der Waals surface area contributed by atoms with E-state index in [2.05, 4.69) is 21.8 Å². The molecule has 0 unspecified atom stereocenters. The van der Waals surface area contributed by atoms with Crippen molar-refractivity contribution in [1.29, 1.82) is 0 Å². The van der Waals surface area contributed by atoms with Gasteiger partial charge < -0.3 is 9.80 Å². The molecule has 7 heteroatoms. The van der Waals surface area contributed by atoms with Crippen LogP contribution >= 0.6 is 0 Å². The molecular formula is C23H29N5O2. The molecule has 158 valence electrons. The average Bonchev–Trinajstić information content (AvgIpc) is 2.97. The quantitative estimate of drug-likeness (QED) is 0.688. The molecule has 1 spiro atoms. The van der Waals surface area contributed by atoms with Crippen LogP contribution in [0.3, 0.4) is 0 Å². The molecule has 2 aromatic rings. The SMILES string of the molecule is CCCN1C(=O)N(Cc2ccccc2)C2(CCN(c3ncc(CC)cn3)CC2)C1=O. The fraction of sp³-hybridized carbons (Fsp3) is 0.478. The zero-order valence-corrected chi connectivity index (χ0v) is 17.8. The number of carbonyl (C=O) groups is 2. The zero-order valence-electron chi connectivity index (χ0n) is 17.8. The molecule has 3 heterocycles. The third-order valence-corrected chi connectivity index (χ3v) is 6.23. The van der Waals surface area contributed by atoms with E-state index in [1.807, 2.05) is 49.6 Å². The lowest BCUT2D eigenvalue weighted by Gasteiger charge is -2.42. The molecule has 1 aromatic heterocycles. The number of benzene rings is 1.